The SMILES string of the molecule is Cc1cc(Cl)ccc1C(=O)NC1(CCl)CCC(C)CC1. The van der Waals surface area contributed by atoms with Crippen LogP contribution >= 0.6 is 23.2 Å². The number of amides is 1. The van der Waals surface area contributed by atoms with Gasteiger partial charge in [0.15, 0.2) is 0 Å². The first-order chi connectivity index (χ1) is 9.46. The number of halogens is 2. The minimum absolute atomic E-state index is 0.0469. The van der Waals surface area contributed by atoms with Gasteiger partial charge in [0.25, 0.3) is 5.91 Å². The number of hydrogen-bond donors (Lipinski definition) is 1. The molecular formula is C16H21Cl2NO. The van der Waals surface area contributed by atoms with Crippen LogP contribution in [0.5, 0.6) is 0 Å². The molecule has 1 amide bonds. The molecule has 1 saturated carbocycles. The number of nitrogens with one attached hydrogen (secondary N) is 1. The molecule has 110 valence electrons. The first-order valence-corrected chi connectivity index (χ1v) is 8.02. The van der Waals surface area contributed by atoms with Crippen molar-refractivity contribution in [2.24, 2.45) is 5.92 Å². The van der Waals surface area contributed by atoms with Gasteiger partial charge in [-0.15, -0.1) is 11.6 Å². The summed E-state index contributed by atoms with van der Waals surface area (Å²) in [6, 6.07) is 5.34. The van der Waals surface area contributed by atoms with Crippen LogP contribution in [0, 0.1) is 12.8 Å². The van der Waals surface area contributed by atoms with E-state index in [9.17, 15) is 4.79 Å². The first kappa shape index (κ1) is 15.7. The Morgan fingerprint density at radius 2 is 2.05 bits per heavy atom. The molecule has 0 bridgehead atoms. The van der Waals surface area contributed by atoms with E-state index in [1.165, 1.54) is 0 Å². The van der Waals surface area contributed by atoms with Crippen LogP contribution in [0.15, 0.2) is 18.2 Å². The maximum Gasteiger partial charge on any atom is 0.252 e. The third-order valence-electron chi connectivity index (χ3n) is 4.30. The summed E-state index contributed by atoms with van der Waals surface area (Å²) in [5.41, 5.74) is 1.32. The van der Waals surface area contributed by atoms with E-state index in [0.717, 1.165) is 37.2 Å². The van der Waals surface area contributed by atoms with Gasteiger partial charge in [-0.3, -0.25) is 4.79 Å². The molecule has 0 radical (unpaired) electrons. The van der Waals surface area contributed by atoms with Gasteiger partial charge in [-0.05, 0) is 62.3 Å². The van der Waals surface area contributed by atoms with Gasteiger partial charge in [0.1, 0.15) is 0 Å². The summed E-state index contributed by atoms with van der Waals surface area (Å²) < 4.78 is 0. The third-order valence-corrected chi connectivity index (χ3v) is 5.05. The van der Waals surface area contributed by atoms with Crippen molar-refractivity contribution in [1.82, 2.24) is 5.32 Å². The molecule has 0 atom stereocenters. The predicted molar refractivity (Wildman–Crippen MR) is 84.7 cm³/mol. The van der Waals surface area contributed by atoms with Crippen LogP contribution < -0.4 is 5.32 Å². The lowest BCUT2D eigenvalue weighted by molar-refractivity contribution is 0.0872. The summed E-state index contributed by atoms with van der Waals surface area (Å²) in [4.78, 5) is 12.5. The summed E-state index contributed by atoms with van der Waals surface area (Å²) in [6.45, 7) is 4.15. The number of rotatable bonds is 3. The molecular weight excluding hydrogens is 293 g/mol. The van der Waals surface area contributed by atoms with Crippen molar-refractivity contribution >= 4 is 29.1 Å². The highest BCUT2D eigenvalue weighted by Crippen LogP contribution is 2.33. The summed E-state index contributed by atoms with van der Waals surface area (Å²) in [7, 11) is 0. The van der Waals surface area contributed by atoms with E-state index in [0.29, 0.717) is 16.5 Å². The number of alkyl halides is 1. The number of benzene rings is 1. The summed E-state index contributed by atoms with van der Waals surface area (Å²) in [6.07, 6.45) is 4.14. The van der Waals surface area contributed by atoms with Crippen LogP contribution in [-0.4, -0.2) is 17.3 Å². The molecule has 1 N–H and O–H groups in total. The molecule has 0 unspecified atom stereocenters. The standard InChI is InChI=1S/C16H21Cl2NO/c1-11-5-7-16(10-17,8-6-11)19-15(20)14-4-3-13(18)9-12(14)2/h3-4,9,11H,5-8,10H2,1-2H3,(H,19,20). The van der Waals surface area contributed by atoms with Crippen molar-refractivity contribution in [2.75, 3.05) is 5.88 Å². The van der Waals surface area contributed by atoms with Gasteiger partial charge in [-0.2, -0.15) is 0 Å². The number of hydrogen-bond acceptors (Lipinski definition) is 1. The largest absolute Gasteiger partial charge is 0.345 e. The molecule has 0 spiro atoms. The maximum absolute atomic E-state index is 12.5. The van der Waals surface area contributed by atoms with Crippen LogP contribution in [-0.2, 0) is 0 Å². The Kier molecular flexibility index (Phi) is 4.98. The lowest BCUT2D eigenvalue weighted by atomic mass is 9.78. The average Bonchev–Trinajstić information content (AvgIpc) is 2.41. The molecule has 4 heteroatoms. The van der Waals surface area contributed by atoms with Gasteiger partial charge >= 0.3 is 0 Å². The van der Waals surface area contributed by atoms with Gasteiger partial charge in [-0.25, -0.2) is 0 Å². The monoisotopic (exact) mass is 313 g/mol. The minimum Gasteiger partial charge on any atom is -0.345 e. The topological polar surface area (TPSA) is 29.1 Å². The Hall–Kier alpha value is -0.730. The Labute approximate surface area is 130 Å². The zero-order valence-electron chi connectivity index (χ0n) is 12.0. The lowest BCUT2D eigenvalue weighted by Crippen LogP contribution is -2.52. The zero-order chi connectivity index (χ0) is 14.8. The van der Waals surface area contributed by atoms with E-state index in [2.05, 4.69) is 12.2 Å². The Morgan fingerprint density at radius 3 is 2.60 bits per heavy atom. The molecule has 0 aliphatic heterocycles. The minimum atomic E-state index is -0.253. The second-order valence-electron chi connectivity index (χ2n) is 6.01. The highest BCUT2D eigenvalue weighted by molar-refractivity contribution is 6.30. The second-order valence-corrected chi connectivity index (χ2v) is 6.71. The average molecular weight is 314 g/mol. The highest BCUT2D eigenvalue weighted by atomic mass is 35.5. The second kappa shape index (κ2) is 6.36. The molecule has 1 fully saturated rings. The summed E-state index contributed by atoms with van der Waals surface area (Å²) >= 11 is 12.1. The Bertz CT molecular complexity index is 493. The molecule has 0 saturated heterocycles. The third kappa shape index (κ3) is 3.48. The van der Waals surface area contributed by atoms with Gasteiger partial charge in [0, 0.05) is 16.5 Å². The number of aryl methyl sites for hydroxylation is 1. The van der Waals surface area contributed by atoms with Crippen LogP contribution in [0.2, 0.25) is 5.02 Å². The van der Waals surface area contributed by atoms with E-state index in [1.807, 2.05) is 13.0 Å². The molecule has 1 aromatic rings. The lowest BCUT2D eigenvalue weighted by Gasteiger charge is -2.38. The van der Waals surface area contributed by atoms with Crippen molar-refractivity contribution in [1.29, 1.82) is 0 Å². The zero-order valence-corrected chi connectivity index (χ0v) is 13.5. The molecule has 20 heavy (non-hydrogen) atoms. The van der Waals surface area contributed by atoms with Crippen molar-refractivity contribution < 1.29 is 4.79 Å². The highest BCUT2D eigenvalue weighted by Gasteiger charge is 2.35. The quantitative estimate of drug-likeness (QED) is 0.814. The fourth-order valence-electron chi connectivity index (χ4n) is 2.80. The predicted octanol–water partition coefficient (Wildman–Crippen LogP) is 4.57. The normalized spacial score (nSPS) is 26.3. The molecule has 1 aromatic carbocycles. The van der Waals surface area contributed by atoms with Crippen LogP contribution in [0.4, 0.5) is 0 Å². The first-order valence-electron chi connectivity index (χ1n) is 7.10. The van der Waals surface area contributed by atoms with Crippen molar-refractivity contribution in [3.05, 3.63) is 34.3 Å². The molecule has 1 aliphatic rings. The van der Waals surface area contributed by atoms with Gasteiger partial charge < -0.3 is 5.32 Å². The van der Waals surface area contributed by atoms with Gasteiger partial charge in [0.05, 0.1) is 5.54 Å². The van der Waals surface area contributed by atoms with Gasteiger partial charge in [0.2, 0.25) is 0 Å². The van der Waals surface area contributed by atoms with E-state index in [1.54, 1.807) is 12.1 Å². The fourth-order valence-corrected chi connectivity index (χ4v) is 3.36. The molecule has 1 aliphatic carbocycles. The van der Waals surface area contributed by atoms with Gasteiger partial charge in [-0.1, -0.05) is 18.5 Å². The summed E-state index contributed by atoms with van der Waals surface area (Å²) in [5, 5.41) is 3.82. The fraction of sp³-hybridized carbons (Fsp3) is 0.562. The van der Waals surface area contributed by atoms with Crippen LogP contribution in [0.3, 0.4) is 0 Å². The van der Waals surface area contributed by atoms with Crippen molar-refractivity contribution in [3.8, 4) is 0 Å². The van der Waals surface area contributed by atoms with E-state index < -0.39 is 0 Å². The molecule has 0 heterocycles. The van der Waals surface area contributed by atoms with Crippen molar-refractivity contribution in [2.45, 2.75) is 45.1 Å². The Morgan fingerprint density at radius 1 is 1.40 bits per heavy atom. The van der Waals surface area contributed by atoms with E-state index >= 15 is 0 Å². The smallest absolute Gasteiger partial charge is 0.252 e. The van der Waals surface area contributed by atoms with Crippen molar-refractivity contribution in [3.63, 3.8) is 0 Å². The number of carbonyl (C=O) groups excluding carboxylic acids is 1. The summed E-state index contributed by atoms with van der Waals surface area (Å²) in [5.74, 6) is 1.15. The molecule has 0 aromatic heterocycles. The van der Waals surface area contributed by atoms with E-state index in [4.69, 9.17) is 23.2 Å². The Balaban J connectivity index is 2.13. The number of carbonyl (C=O) groups is 1. The maximum atomic E-state index is 12.5. The molecule has 2 rings (SSSR count). The van der Waals surface area contributed by atoms with Crippen LogP contribution in [0.1, 0.15) is 48.5 Å². The molecule has 2 nitrogen and oxygen atoms in total. The van der Waals surface area contributed by atoms with E-state index in [-0.39, 0.29) is 11.4 Å². The van der Waals surface area contributed by atoms with Crippen LogP contribution in [0.25, 0.3) is 0 Å².